The second-order valence-electron chi connectivity index (χ2n) is 5.14. The first-order chi connectivity index (χ1) is 11.2. The number of thioether (sulfide) groups is 2. The summed E-state index contributed by atoms with van der Waals surface area (Å²) in [6.45, 7) is 2.98. The van der Waals surface area contributed by atoms with Crippen LogP contribution in [0.25, 0.3) is 0 Å². The molecule has 23 heavy (non-hydrogen) atoms. The van der Waals surface area contributed by atoms with Gasteiger partial charge in [-0.25, -0.2) is 0 Å². The lowest BCUT2D eigenvalue weighted by atomic mass is 10.2. The maximum absolute atomic E-state index is 12.7. The standard InChI is InChI=1S/C15H18N4OS3/c1-10-7-8-19(11-5-3-4-6-12(11)22-10)13(20)9-21-15-18-17-14(16-2)23-15/h3-6,10H,7-9H2,1-2H3,(H,16,17)/t10-/m1/s1. The van der Waals surface area contributed by atoms with Crippen LogP contribution in [-0.4, -0.2) is 40.7 Å². The van der Waals surface area contributed by atoms with Crippen molar-refractivity contribution in [2.45, 2.75) is 27.8 Å². The van der Waals surface area contributed by atoms with E-state index in [0.717, 1.165) is 28.1 Å². The third-order valence-electron chi connectivity index (χ3n) is 3.48. The zero-order valence-corrected chi connectivity index (χ0v) is 15.4. The molecule has 0 spiro atoms. The molecule has 0 aliphatic carbocycles. The molecule has 0 radical (unpaired) electrons. The Morgan fingerprint density at radius 1 is 1.43 bits per heavy atom. The fourth-order valence-corrected chi connectivity index (χ4v) is 5.01. The van der Waals surface area contributed by atoms with E-state index in [1.807, 2.05) is 41.9 Å². The monoisotopic (exact) mass is 366 g/mol. The van der Waals surface area contributed by atoms with E-state index < -0.39 is 0 Å². The molecule has 1 aliphatic heterocycles. The highest BCUT2D eigenvalue weighted by Crippen LogP contribution is 2.37. The summed E-state index contributed by atoms with van der Waals surface area (Å²) in [5, 5.41) is 12.3. The zero-order valence-electron chi connectivity index (χ0n) is 13.0. The molecule has 0 saturated carbocycles. The topological polar surface area (TPSA) is 58.1 Å². The van der Waals surface area contributed by atoms with Crippen molar-refractivity contribution in [2.75, 3.05) is 29.6 Å². The molecule has 0 saturated heterocycles. The smallest absolute Gasteiger partial charge is 0.237 e. The number of benzene rings is 1. The SMILES string of the molecule is CNc1nnc(SCC(=O)N2CC[C@@H](C)Sc3ccccc32)s1. The predicted octanol–water partition coefficient (Wildman–Crippen LogP) is 3.59. The largest absolute Gasteiger partial charge is 0.363 e. The lowest BCUT2D eigenvalue weighted by Crippen LogP contribution is -2.33. The van der Waals surface area contributed by atoms with Crippen LogP contribution in [0.15, 0.2) is 33.5 Å². The number of rotatable bonds is 4. The number of fused-ring (bicyclic) bond motifs is 1. The van der Waals surface area contributed by atoms with Gasteiger partial charge in [-0.15, -0.1) is 22.0 Å². The first-order valence-electron chi connectivity index (χ1n) is 7.37. The van der Waals surface area contributed by atoms with Crippen molar-refractivity contribution in [3.63, 3.8) is 0 Å². The Labute approximate surface area is 148 Å². The van der Waals surface area contributed by atoms with E-state index in [4.69, 9.17) is 0 Å². The van der Waals surface area contributed by atoms with Crippen LogP contribution >= 0.6 is 34.9 Å². The van der Waals surface area contributed by atoms with Gasteiger partial charge >= 0.3 is 0 Å². The predicted molar refractivity (Wildman–Crippen MR) is 98.9 cm³/mol. The molecule has 2 heterocycles. The Hall–Kier alpha value is -1.25. The van der Waals surface area contributed by atoms with Crippen molar-refractivity contribution < 1.29 is 4.79 Å². The summed E-state index contributed by atoms with van der Waals surface area (Å²) in [6, 6.07) is 8.15. The van der Waals surface area contributed by atoms with Gasteiger partial charge in [0.05, 0.1) is 11.4 Å². The van der Waals surface area contributed by atoms with E-state index >= 15 is 0 Å². The Bertz CT molecular complexity index is 691. The third kappa shape index (κ3) is 3.99. The number of nitrogens with zero attached hydrogens (tertiary/aromatic N) is 3. The number of nitrogens with one attached hydrogen (secondary N) is 1. The quantitative estimate of drug-likeness (QED) is 0.835. The van der Waals surface area contributed by atoms with Crippen molar-refractivity contribution in [1.29, 1.82) is 0 Å². The maximum atomic E-state index is 12.7. The zero-order chi connectivity index (χ0) is 16.2. The number of aromatic nitrogens is 2. The Morgan fingerprint density at radius 3 is 3.04 bits per heavy atom. The molecule has 8 heteroatoms. The lowest BCUT2D eigenvalue weighted by molar-refractivity contribution is -0.116. The summed E-state index contributed by atoms with van der Waals surface area (Å²) in [6.07, 6.45) is 0.998. The van der Waals surface area contributed by atoms with Gasteiger partial charge in [0.15, 0.2) is 4.34 Å². The molecule has 5 nitrogen and oxygen atoms in total. The maximum Gasteiger partial charge on any atom is 0.237 e. The van der Waals surface area contributed by atoms with Gasteiger partial charge in [-0.2, -0.15) is 0 Å². The minimum Gasteiger partial charge on any atom is -0.363 e. The van der Waals surface area contributed by atoms with E-state index in [0.29, 0.717) is 11.0 Å². The van der Waals surface area contributed by atoms with Crippen LogP contribution in [0.1, 0.15) is 13.3 Å². The van der Waals surface area contributed by atoms with Gasteiger partial charge in [0.1, 0.15) is 0 Å². The molecular weight excluding hydrogens is 348 g/mol. The molecule has 1 N–H and O–H groups in total. The van der Waals surface area contributed by atoms with Gasteiger partial charge < -0.3 is 10.2 Å². The summed E-state index contributed by atoms with van der Waals surface area (Å²) in [5.41, 5.74) is 1.03. The van der Waals surface area contributed by atoms with Crippen molar-refractivity contribution in [1.82, 2.24) is 10.2 Å². The normalized spacial score (nSPS) is 17.5. The third-order valence-corrected chi connectivity index (χ3v) is 6.78. The molecular formula is C15H18N4OS3. The molecule has 0 bridgehead atoms. The minimum atomic E-state index is 0.123. The van der Waals surface area contributed by atoms with E-state index in [2.05, 4.69) is 28.5 Å². The van der Waals surface area contributed by atoms with Crippen molar-refractivity contribution in [3.8, 4) is 0 Å². The summed E-state index contributed by atoms with van der Waals surface area (Å²) in [7, 11) is 1.81. The van der Waals surface area contributed by atoms with Gasteiger partial charge in [0.2, 0.25) is 11.0 Å². The first kappa shape index (κ1) is 16.6. The van der Waals surface area contributed by atoms with Crippen molar-refractivity contribution in [2.24, 2.45) is 0 Å². The van der Waals surface area contributed by atoms with Crippen LogP contribution < -0.4 is 10.2 Å². The van der Waals surface area contributed by atoms with Gasteiger partial charge in [-0.1, -0.05) is 42.2 Å². The number of carbonyl (C=O) groups is 1. The minimum absolute atomic E-state index is 0.123. The van der Waals surface area contributed by atoms with Crippen LogP contribution in [0.2, 0.25) is 0 Å². The number of hydrogen-bond donors (Lipinski definition) is 1. The molecule has 3 rings (SSSR count). The summed E-state index contributed by atoms with van der Waals surface area (Å²) in [5.74, 6) is 0.504. The fraction of sp³-hybridized carbons (Fsp3) is 0.400. The summed E-state index contributed by atoms with van der Waals surface area (Å²) >= 11 is 4.76. The number of carbonyl (C=O) groups excluding carboxylic acids is 1. The van der Waals surface area contributed by atoms with Gasteiger partial charge in [-0.05, 0) is 18.6 Å². The molecule has 1 amide bonds. The number of hydrogen-bond acceptors (Lipinski definition) is 7. The number of amides is 1. The Kier molecular flexibility index (Phi) is 5.45. The van der Waals surface area contributed by atoms with Gasteiger partial charge in [0.25, 0.3) is 0 Å². The van der Waals surface area contributed by atoms with E-state index in [1.165, 1.54) is 28.0 Å². The molecule has 1 atom stereocenters. The highest BCUT2D eigenvalue weighted by Gasteiger charge is 2.24. The average molecular weight is 367 g/mol. The Balaban J connectivity index is 1.71. The molecule has 1 aromatic heterocycles. The van der Waals surface area contributed by atoms with Crippen molar-refractivity contribution >= 4 is 51.6 Å². The molecule has 0 unspecified atom stereocenters. The van der Waals surface area contributed by atoms with Gasteiger partial charge in [-0.3, -0.25) is 4.79 Å². The second-order valence-corrected chi connectivity index (χ2v) is 8.82. The van der Waals surface area contributed by atoms with Crippen molar-refractivity contribution in [3.05, 3.63) is 24.3 Å². The fourth-order valence-electron chi connectivity index (χ4n) is 2.32. The van der Waals surface area contributed by atoms with Crippen LogP contribution in [0.5, 0.6) is 0 Å². The Morgan fingerprint density at radius 2 is 2.26 bits per heavy atom. The molecule has 2 aromatic rings. The number of anilines is 2. The highest BCUT2D eigenvalue weighted by molar-refractivity contribution is 8.01. The lowest BCUT2D eigenvalue weighted by Gasteiger charge is -2.22. The number of para-hydroxylation sites is 1. The van der Waals surface area contributed by atoms with Crippen LogP contribution in [0.4, 0.5) is 10.8 Å². The average Bonchev–Trinajstić information content (AvgIpc) is 2.95. The molecule has 0 fully saturated rings. The second kappa shape index (κ2) is 7.55. The highest BCUT2D eigenvalue weighted by atomic mass is 32.2. The summed E-state index contributed by atoms with van der Waals surface area (Å²) in [4.78, 5) is 15.8. The van der Waals surface area contributed by atoms with Crippen LogP contribution in [-0.2, 0) is 4.79 Å². The van der Waals surface area contributed by atoms with E-state index in [9.17, 15) is 4.79 Å². The molecule has 122 valence electrons. The van der Waals surface area contributed by atoms with E-state index in [-0.39, 0.29) is 5.91 Å². The van der Waals surface area contributed by atoms with E-state index in [1.54, 1.807) is 0 Å². The molecule has 1 aliphatic rings. The molecule has 1 aromatic carbocycles. The summed E-state index contributed by atoms with van der Waals surface area (Å²) < 4.78 is 0.813. The van der Waals surface area contributed by atoms with Crippen LogP contribution in [0.3, 0.4) is 0 Å². The van der Waals surface area contributed by atoms with Gasteiger partial charge in [0, 0.05) is 23.7 Å². The first-order valence-corrected chi connectivity index (χ1v) is 10.1. The van der Waals surface area contributed by atoms with Crippen LogP contribution in [0, 0.1) is 0 Å².